The second kappa shape index (κ2) is 8.51. The molecule has 164 valence electrons. The Labute approximate surface area is 192 Å². The van der Waals surface area contributed by atoms with Crippen LogP contribution < -0.4 is 0 Å². The van der Waals surface area contributed by atoms with Crippen LogP contribution in [0.3, 0.4) is 0 Å². The summed E-state index contributed by atoms with van der Waals surface area (Å²) < 4.78 is 2.07. The first-order chi connectivity index (χ1) is 15.5. The zero-order valence-electron chi connectivity index (χ0n) is 18.8. The Kier molecular flexibility index (Phi) is 5.55. The van der Waals surface area contributed by atoms with Crippen LogP contribution in [-0.2, 0) is 6.54 Å². The Morgan fingerprint density at radius 2 is 1.78 bits per heavy atom. The van der Waals surface area contributed by atoms with Crippen molar-refractivity contribution in [3.05, 3.63) is 80.8 Å². The fourth-order valence-corrected chi connectivity index (χ4v) is 5.40. The number of nitrogens with zero attached hydrogens (tertiary/aromatic N) is 4. The maximum absolute atomic E-state index is 12.8. The molecule has 0 bridgehead atoms. The van der Waals surface area contributed by atoms with Crippen molar-refractivity contribution in [2.75, 3.05) is 13.1 Å². The lowest BCUT2D eigenvalue weighted by Crippen LogP contribution is -2.37. The first kappa shape index (κ1) is 20.9. The van der Waals surface area contributed by atoms with Crippen LogP contribution >= 0.6 is 11.3 Å². The molecule has 1 aliphatic rings. The molecule has 3 aromatic heterocycles. The van der Waals surface area contributed by atoms with Gasteiger partial charge in [-0.15, -0.1) is 11.3 Å². The van der Waals surface area contributed by atoms with E-state index in [1.807, 2.05) is 28.5 Å². The van der Waals surface area contributed by atoms with Crippen molar-refractivity contribution >= 4 is 28.3 Å². The highest BCUT2D eigenvalue weighted by molar-refractivity contribution is 7.12. The van der Waals surface area contributed by atoms with Gasteiger partial charge in [0.05, 0.1) is 17.1 Å². The summed E-state index contributed by atoms with van der Waals surface area (Å²) in [4.78, 5) is 20.5. The molecule has 1 aliphatic heterocycles. The Morgan fingerprint density at radius 3 is 2.47 bits per heavy atom. The highest BCUT2D eigenvalue weighted by Crippen LogP contribution is 2.35. The Bertz CT molecular complexity index is 1250. The van der Waals surface area contributed by atoms with E-state index in [1.54, 1.807) is 0 Å². The van der Waals surface area contributed by atoms with Gasteiger partial charge in [-0.1, -0.05) is 36.4 Å². The first-order valence-corrected chi connectivity index (χ1v) is 12.1. The zero-order valence-corrected chi connectivity index (χ0v) is 19.7. The summed E-state index contributed by atoms with van der Waals surface area (Å²) in [6.45, 7) is 8.67. The third-order valence-corrected chi connectivity index (χ3v) is 7.64. The van der Waals surface area contributed by atoms with Crippen LogP contribution in [0, 0.1) is 20.8 Å². The molecule has 0 spiro atoms. The summed E-state index contributed by atoms with van der Waals surface area (Å²) in [5.41, 5.74) is 6.92. The van der Waals surface area contributed by atoms with Crippen molar-refractivity contribution in [3.8, 4) is 0 Å². The molecule has 5 rings (SSSR count). The van der Waals surface area contributed by atoms with Crippen LogP contribution in [0.5, 0.6) is 0 Å². The second-order valence-electron chi connectivity index (χ2n) is 8.72. The molecule has 6 heteroatoms. The van der Waals surface area contributed by atoms with Gasteiger partial charge in [-0.2, -0.15) is 5.10 Å². The summed E-state index contributed by atoms with van der Waals surface area (Å²) in [5.74, 6) is 0.492. The van der Waals surface area contributed by atoms with Gasteiger partial charge in [0.25, 0.3) is 5.91 Å². The van der Waals surface area contributed by atoms with Gasteiger partial charge in [-0.3, -0.25) is 4.79 Å². The molecule has 1 aromatic carbocycles. The summed E-state index contributed by atoms with van der Waals surface area (Å²) in [5, 5.41) is 8.29. The summed E-state index contributed by atoms with van der Waals surface area (Å²) >= 11 is 1.52. The Morgan fingerprint density at radius 1 is 1.03 bits per heavy atom. The van der Waals surface area contributed by atoms with Crippen molar-refractivity contribution < 1.29 is 4.79 Å². The van der Waals surface area contributed by atoms with E-state index in [0.29, 0.717) is 12.5 Å². The number of aromatic nitrogens is 3. The lowest BCUT2D eigenvalue weighted by atomic mass is 9.90. The van der Waals surface area contributed by atoms with Gasteiger partial charge in [0, 0.05) is 30.1 Å². The van der Waals surface area contributed by atoms with E-state index in [9.17, 15) is 4.79 Å². The molecule has 0 radical (unpaired) electrons. The standard InChI is InChI=1S/C26H28N4OS/c1-17-18(2)23-24(21-11-13-29(14-12-21)26(31)22-10-7-15-32-22)28-30(25(23)27-19(17)3)16-20-8-5-4-6-9-20/h4-10,15,21H,11-14,16H2,1-3H3. The summed E-state index contributed by atoms with van der Waals surface area (Å²) in [7, 11) is 0. The third-order valence-electron chi connectivity index (χ3n) is 6.78. The fourth-order valence-electron chi connectivity index (χ4n) is 4.71. The zero-order chi connectivity index (χ0) is 22.2. The number of amides is 1. The number of rotatable bonds is 4. The maximum Gasteiger partial charge on any atom is 0.263 e. The molecule has 1 saturated heterocycles. The smallest absolute Gasteiger partial charge is 0.263 e. The number of benzene rings is 1. The number of hydrogen-bond acceptors (Lipinski definition) is 4. The van der Waals surface area contributed by atoms with E-state index in [0.717, 1.165) is 47.8 Å². The average molecular weight is 445 g/mol. The lowest BCUT2D eigenvalue weighted by Gasteiger charge is -2.31. The molecule has 0 aliphatic carbocycles. The predicted molar refractivity (Wildman–Crippen MR) is 129 cm³/mol. The monoisotopic (exact) mass is 444 g/mol. The molecule has 5 nitrogen and oxygen atoms in total. The summed E-state index contributed by atoms with van der Waals surface area (Å²) in [6, 6.07) is 14.3. The average Bonchev–Trinajstić information content (AvgIpc) is 3.47. The Balaban J connectivity index is 1.47. The topological polar surface area (TPSA) is 51.0 Å². The first-order valence-electron chi connectivity index (χ1n) is 11.2. The molecule has 0 atom stereocenters. The van der Waals surface area contributed by atoms with E-state index >= 15 is 0 Å². The van der Waals surface area contributed by atoms with Crippen LogP contribution in [0.25, 0.3) is 11.0 Å². The summed E-state index contributed by atoms with van der Waals surface area (Å²) in [6.07, 6.45) is 1.86. The number of piperidine rings is 1. The number of thiophene rings is 1. The largest absolute Gasteiger partial charge is 0.338 e. The molecule has 0 N–H and O–H groups in total. The number of fused-ring (bicyclic) bond motifs is 1. The number of carbonyl (C=O) groups is 1. The van der Waals surface area contributed by atoms with Crippen LogP contribution in [-0.4, -0.2) is 38.7 Å². The van der Waals surface area contributed by atoms with Gasteiger partial charge in [0.15, 0.2) is 5.65 Å². The van der Waals surface area contributed by atoms with Gasteiger partial charge in [-0.05, 0) is 61.7 Å². The highest BCUT2D eigenvalue weighted by atomic mass is 32.1. The number of pyridine rings is 1. The number of aryl methyl sites for hydroxylation is 2. The van der Waals surface area contributed by atoms with Gasteiger partial charge < -0.3 is 4.90 Å². The molecular formula is C26H28N4OS. The van der Waals surface area contributed by atoms with E-state index in [2.05, 4.69) is 49.7 Å². The van der Waals surface area contributed by atoms with Crippen molar-refractivity contribution in [2.24, 2.45) is 0 Å². The van der Waals surface area contributed by atoms with E-state index in [1.165, 1.54) is 33.4 Å². The number of likely N-dealkylation sites (tertiary alicyclic amines) is 1. The molecule has 4 aromatic rings. The fraction of sp³-hybridized carbons (Fsp3) is 0.346. The molecule has 4 heterocycles. The van der Waals surface area contributed by atoms with Gasteiger partial charge in [-0.25, -0.2) is 9.67 Å². The molecule has 0 saturated carbocycles. The van der Waals surface area contributed by atoms with Gasteiger partial charge >= 0.3 is 0 Å². The molecule has 1 fully saturated rings. The number of carbonyl (C=O) groups excluding carboxylic acids is 1. The van der Waals surface area contributed by atoms with Crippen molar-refractivity contribution in [1.29, 1.82) is 0 Å². The third kappa shape index (κ3) is 3.73. The maximum atomic E-state index is 12.8. The second-order valence-corrected chi connectivity index (χ2v) is 9.67. The van der Waals surface area contributed by atoms with Gasteiger partial charge in [0.1, 0.15) is 0 Å². The van der Waals surface area contributed by atoms with E-state index in [4.69, 9.17) is 10.1 Å². The lowest BCUT2D eigenvalue weighted by molar-refractivity contribution is 0.0717. The molecule has 0 unspecified atom stereocenters. The number of hydrogen-bond donors (Lipinski definition) is 0. The predicted octanol–water partition coefficient (Wildman–Crippen LogP) is 5.49. The van der Waals surface area contributed by atoms with E-state index < -0.39 is 0 Å². The van der Waals surface area contributed by atoms with Crippen LogP contribution in [0.2, 0.25) is 0 Å². The quantitative estimate of drug-likeness (QED) is 0.418. The van der Waals surface area contributed by atoms with Crippen LogP contribution in [0.1, 0.15) is 56.5 Å². The minimum atomic E-state index is 0.155. The molecule has 32 heavy (non-hydrogen) atoms. The van der Waals surface area contributed by atoms with E-state index in [-0.39, 0.29) is 5.91 Å². The molecule has 1 amide bonds. The van der Waals surface area contributed by atoms with Crippen molar-refractivity contribution in [1.82, 2.24) is 19.7 Å². The van der Waals surface area contributed by atoms with Gasteiger partial charge in [0.2, 0.25) is 0 Å². The SMILES string of the molecule is Cc1nc2c(c(C3CCN(C(=O)c4cccs4)CC3)nn2Cc2ccccc2)c(C)c1C. The normalized spacial score (nSPS) is 14.9. The highest BCUT2D eigenvalue weighted by Gasteiger charge is 2.29. The minimum Gasteiger partial charge on any atom is -0.338 e. The minimum absolute atomic E-state index is 0.155. The van der Waals surface area contributed by atoms with Crippen LogP contribution in [0.15, 0.2) is 47.8 Å². The molecular weight excluding hydrogens is 416 g/mol. The Hall–Kier alpha value is -2.99. The van der Waals surface area contributed by atoms with Crippen LogP contribution in [0.4, 0.5) is 0 Å². The van der Waals surface area contributed by atoms with Crippen molar-refractivity contribution in [3.63, 3.8) is 0 Å². The van der Waals surface area contributed by atoms with Crippen molar-refractivity contribution in [2.45, 2.75) is 46.1 Å².